The molecule has 0 aliphatic rings. The van der Waals surface area contributed by atoms with Crippen LogP contribution in [0.15, 0.2) is 12.2 Å². The lowest BCUT2D eigenvalue weighted by atomic mass is 9.99. The van der Waals surface area contributed by atoms with Crippen molar-refractivity contribution in [1.29, 1.82) is 0 Å². The zero-order valence-electron chi connectivity index (χ0n) is 28.1. The molecule has 4 atom stereocenters. The van der Waals surface area contributed by atoms with E-state index in [2.05, 4.69) is 26.8 Å². The van der Waals surface area contributed by atoms with Crippen LogP contribution in [0.3, 0.4) is 0 Å². The van der Waals surface area contributed by atoms with Crippen LogP contribution in [0.4, 0.5) is 0 Å². The molecule has 0 aromatic carbocycles. The van der Waals surface area contributed by atoms with Crippen molar-refractivity contribution in [2.75, 3.05) is 13.2 Å². The van der Waals surface area contributed by atoms with Crippen molar-refractivity contribution < 1.29 is 34.4 Å². The van der Waals surface area contributed by atoms with E-state index in [4.69, 9.17) is 9.47 Å². The molecular formula is C36H68O7. The Hall–Kier alpha value is -1.44. The Labute approximate surface area is 264 Å². The van der Waals surface area contributed by atoms with Gasteiger partial charge in [0.2, 0.25) is 0 Å². The second-order valence-electron chi connectivity index (χ2n) is 12.5. The molecule has 3 N–H and O–H groups in total. The van der Waals surface area contributed by atoms with Crippen LogP contribution in [0.5, 0.6) is 0 Å². The van der Waals surface area contributed by atoms with E-state index >= 15 is 0 Å². The minimum atomic E-state index is -1.01. The first-order valence-corrected chi connectivity index (χ1v) is 17.8. The zero-order chi connectivity index (χ0) is 32.0. The third-order valence-corrected chi connectivity index (χ3v) is 8.24. The fraction of sp³-hybridized carbons (Fsp3) is 0.889. The Morgan fingerprint density at radius 1 is 0.605 bits per heavy atom. The third-order valence-electron chi connectivity index (χ3n) is 8.24. The molecular weight excluding hydrogens is 544 g/mol. The molecule has 0 aliphatic carbocycles. The lowest BCUT2D eigenvalue weighted by Gasteiger charge is -2.16. The molecule has 0 spiro atoms. The normalized spacial score (nSPS) is 14.5. The SMILES string of the molecule is CCCCC/C=C\C[C@@H](O)[C@H](O)CCCCCCCC(=O)OC[C@@H](O)COC(=O)CCCCCCCCCCC(C)CC. The van der Waals surface area contributed by atoms with Crippen LogP contribution in [0.2, 0.25) is 0 Å². The molecule has 0 saturated heterocycles. The van der Waals surface area contributed by atoms with E-state index < -0.39 is 18.3 Å². The number of unbranched alkanes of at least 4 members (excludes halogenated alkanes) is 14. The largest absolute Gasteiger partial charge is 0.463 e. The van der Waals surface area contributed by atoms with E-state index in [1.807, 2.05) is 6.08 Å². The van der Waals surface area contributed by atoms with Crippen LogP contribution in [0.1, 0.15) is 168 Å². The first-order valence-electron chi connectivity index (χ1n) is 17.8. The number of allylic oxidation sites excluding steroid dienone is 1. The maximum Gasteiger partial charge on any atom is 0.305 e. The van der Waals surface area contributed by atoms with Gasteiger partial charge in [0.05, 0.1) is 12.2 Å². The first kappa shape index (κ1) is 41.6. The van der Waals surface area contributed by atoms with Crippen LogP contribution < -0.4 is 0 Å². The Morgan fingerprint density at radius 3 is 1.60 bits per heavy atom. The van der Waals surface area contributed by atoms with Crippen LogP contribution in [0.25, 0.3) is 0 Å². The maximum atomic E-state index is 11.9. The highest BCUT2D eigenvalue weighted by molar-refractivity contribution is 5.69. The van der Waals surface area contributed by atoms with Gasteiger partial charge in [0.15, 0.2) is 0 Å². The summed E-state index contributed by atoms with van der Waals surface area (Å²) in [4.78, 5) is 23.8. The van der Waals surface area contributed by atoms with Crippen molar-refractivity contribution in [1.82, 2.24) is 0 Å². The van der Waals surface area contributed by atoms with Crippen LogP contribution in [0, 0.1) is 5.92 Å². The molecule has 0 heterocycles. The molecule has 7 heteroatoms. The lowest BCUT2D eigenvalue weighted by molar-refractivity contribution is -0.152. The molecule has 0 aromatic rings. The summed E-state index contributed by atoms with van der Waals surface area (Å²) in [6.45, 7) is 6.43. The van der Waals surface area contributed by atoms with Gasteiger partial charge in [-0.05, 0) is 44.4 Å². The van der Waals surface area contributed by atoms with Crippen molar-refractivity contribution in [3.8, 4) is 0 Å². The molecule has 0 bridgehead atoms. The highest BCUT2D eigenvalue weighted by Crippen LogP contribution is 2.16. The monoisotopic (exact) mass is 612 g/mol. The van der Waals surface area contributed by atoms with Gasteiger partial charge in [-0.3, -0.25) is 9.59 Å². The number of hydrogen-bond acceptors (Lipinski definition) is 7. The number of aliphatic hydroxyl groups excluding tert-OH is 3. The minimum Gasteiger partial charge on any atom is -0.463 e. The molecule has 0 rings (SSSR count). The molecule has 0 amide bonds. The van der Waals surface area contributed by atoms with Crippen molar-refractivity contribution in [3.05, 3.63) is 12.2 Å². The Kier molecular flexibility index (Phi) is 29.6. The smallest absolute Gasteiger partial charge is 0.305 e. The average Bonchev–Trinajstić information content (AvgIpc) is 3.00. The van der Waals surface area contributed by atoms with Gasteiger partial charge in [-0.1, -0.05) is 129 Å². The summed E-state index contributed by atoms with van der Waals surface area (Å²) in [6, 6.07) is 0. The van der Waals surface area contributed by atoms with Crippen LogP contribution in [-0.2, 0) is 19.1 Å². The molecule has 7 nitrogen and oxygen atoms in total. The zero-order valence-corrected chi connectivity index (χ0v) is 28.1. The van der Waals surface area contributed by atoms with E-state index in [0.717, 1.165) is 57.3 Å². The quantitative estimate of drug-likeness (QED) is 0.0409. The second-order valence-corrected chi connectivity index (χ2v) is 12.5. The molecule has 0 radical (unpaired) electrons. The van der Waals surface area contributed by atoms with Crippen molar-refractivity contribution >= 4 is 11.9 Å². The van der Waals surface area contributed by atoms with Crippen molar-refractivity contribution in [2.45, 2.75) is 187 Å². The molecule has 0 aliphatic heterocycles. The van der Waals surface area contributed by atoms with E-state index in [1.165, 1.54) is 64.2 Å². The minimum absolute atomic E-state index is 0.154. The lowest BCUT2D eigenvalue weighted by Crippen LogP contribution is -2.25. The van der Waals surface area contributed by atoms with E-state index in [9.17, 15) is 24.9 Å². The topological polar surface area (TPSA) is 113 Å². The van der Waals surface area contributed by atoms with Gasteiger partial charge in [0, 0.05) is 12.8 Å². The van der Waals surface area contributed by atoms with Gasteiger partial charge in [0.25, 0.3) is 0 Å². The second kappa shape index (κ2) is 30.6. The van der Waals surface area contributed by atoms with Gasteiger partial charge < -0.3 is 24.8 Å². The average molecular weight is 613 g/mol. The Balaban J connectivity index is 3.59. The summed E-state index contributed by atoms with van der Waals surface area (Å²) in [7, 11) is 0. The Morgan fingerprint density at radius 2 is 1.09 bits per heavy atom. The summed E-state index contributed by atoms with van der Waals surface area (Å²) >= 11 is 0. The van der Waals surface area contributed by atoms with E-state index in [-0.39, 0.29) is 31.6 Å². The highest BCUT2D eigenvalue weighted by atomic mass is 16.6. The number of carbonyl (C=O) groups excluding carboxylic acids is 2. The Bertz CT molecular complexity index is 666. The van der Waals surface area contributed by atoms with Crippen LogP contribution in [-0.4, -0.2) is 58.8 Å². The molecule has 254 valence electrons. The molecule has 0 aromatic heterocycles. The molecule has 43 heavy (non-hydrogen) atoms. The number of hydrogen-bond donors (Lipinski definition) is 3. The number of esters is 2. The summed E-state index contributed by atoms with van der Waals surface area (Å²) in [5, 5.41) is 30.2. The molecule has 1 unspecified atom stereocenters. The van der Waals surface area contributed by atoms with E-state index in [1.54, 1.807) is 0 Å². The fourth-order valence-electron chi connectivity index (χ4n) is 4.97. The molecule has 0 fully saturated rings. The number of ether oxygens (including phenoxy) is 2. The summed E-state index contributed by atoms with van der Waals surface area (Å²) in [6.07, 6.45) is 24.3. The first-order chi connectivity index (χ1) is 20.8. The number of rotatable bonds is 31. The van der Waals surface area contributed by atoms with Gasteiger partial charge in [0.1, 0.15) is 19.3 Å². The summed E-state index contributed by atoms with van der Waals surface area (Å²) < 4.78 is 10.2. The van der Waals surface area contributed by atoms with Gasteiger partial charge >= 0.3 is 11.9 Å². The van der Waals surface area contributed by atoms with Crippen molar-refractivity contribution in [3.63, 3.8) is 0 Å². The highest BCUT2D eigenvalue weighted by Gasteiger charge is 2.14. The maximum absolute atomic E-state index is 11.9. The van der Waals surface area contributed by atoms with Crippen LogP contribution >= 0.6 is 0 Å². The number of aliphatic hydroxyl groups is 3. The summed E-state index contributed by atoms with van der Waals surface area (Å²) in [5.74, 6) is 0.176. The summed E-state index contributed by atoms with van der Waals surface area (Å²) in [5.41, 5.74) is 0. The standard InChI is InChI=1S/C36H68O7/c1-4-6-7-8-15-20-25-33(38)34(39)26-21-16-13-18-23-28-36(41)43-30-32(37)29-42-35(40)27-22-17-12-10-9-11-14-19-24-31(3)5-2/h15,20,31-34,37-39H,4-14,16-19,21-30H2,1-3H3/b20-15-/t31?,32-,33+,34+/m0/s1. The fourth-order valence-corrected chi connectivity index (χ4v) is 4.97. The predicted octanol–water partition coefficient (Wildman–Crippen LogP) is 8.36. The third kappa shape index (κ3) is 29.1. The van der Waals surface area contributed by atoms with Crippen molar-refractivity contribution in [2.24, 2.45) is 5.92 Å². The number of carbonyl (C=O) groups is 2. The van der Waals surface area contributed by atoms with Gasteiger partial charge in [-0.15, -0.1) is 0 Å². The molecule has 0 saturated carbocycles. The van der Waals surface area contributed by atoms with Gasteiger partial charge in [-0.2, -0.15) is 0 Å². The van der Waals surface area contributed by atoms with Gasteiger partial charge in [-0.25, -0.2) is 0 Å². The van der Waals surface area contributed by atoms with E-state index in [0.29, 0.717) is 25.7 Å². The predicted molar refractivity (Wildman–Crippen MR) is 176 cm³/mol.